The first-order chi connectivity index (χ1) is 8.92. The van der Waals surface area contributed by atoms with Crippen LogP contribution in [0.1, 0.15) is 18.8 Å². The molecule has 0 radical (unpaired) electrons. The summed E-state index contributed by atoms with van der Waals surface area (Å²) in [5.74, 6) is 0.509. The molecule has 0 amide bonds. The smallest absolute Gasteiger partial charge is 0.244 e. The third-order valence-corrected chi connectivity index (χ3v) is 4.61. The van der Waals surface area contributed by atoms with Crippen LogP contribution in [0.5, 0.6) is 0 Å². The predicted octanol–water partition coefficient (Wildman–Crippen LogP) is 1.68. The van der Waals surface area contributed by atoms with E-state index in [1.54, 1.807) is 25.4 Å². The summed E-state index contributed by atoms with van der Waals surface area (Å²) >= 11 is 5.90. The second kappa shape index (κ2) is 5.20. The Morgan fingerprint density at radius 3 is 2.79 bits per heavy atom. The summed E-state index contributed by atoms with van der Waals surface area (Å²) in [7, 11) is -3.81. The molecule has 6 nitrogen and oxygen atoms in total. The maximum absolute atomic E-state index is 12.3. The van der Waals surface area contributed by atoms with Crippen molar-refractivity contribution in [2.75, 3.05) is 5.73 Å². The standard InChI is InChI=1S/C11H13ClN4O2S/c1-7(11-14-5-6-15-11)16-19(17,18)10-8(12)3-2-4-9(10)13/h2-7,16H,13H2,1H3,(H,14,15). The normalized spacial score (nSPS) is 13.4. The summed E-state index contributed by atoms with van der Waals surface area (Å²) in [5, 5.41) is 0.0825. The Morgan fingerprint density at radius 1 is 1.47 bits per heavy atom. The van der Waals surface area contributed by atoms with Crippen LogP contribution in [-0.4, -0.2) is 18.4 Å². The van der Waals surface area contributed by atoms with E-state index >= 15 is 0 Å². The van der Waals surface area contributed by atoms with Crippen LogP contribution in [0.2, 0.25) is 5.02 Å². The molecule has 1 unspecified atom stereocenters. The van der Waals surface area contributed by atoms with Crippen LogP contribution in [0.4, 0.5) is 5.69 Å². The van der Waals surface area contributed by atoms with Gasteiger partial charge in [0, 0.05) is 12.4 Å². The predicted molar refractivity (Wildman–Crippen MR) is 73.2 cm³/mol. The minimum atomic E-state index is -3.81. The third-order valence-electron chi connectivity index (χ3n) is 2.53. The number of halogens is 1. The number of imidazole rings is 1. The topological polar surface area (TPSA) is 101 Å². The summed E-state index contributed by atoms with van der Waals surface area (Å²) in [6, 6.07) is 4.03. The number of anilines is 1. The molecule has 0 spiro atoms. The van der Waals surface area contributed by atoms with Crippen molar-refractivity contribution in [3.63, 3.8) is 0 Å². The van der Waals surface area contributed by atoms with Gasteiger partial charge in [0.25, 0.3) is 0 Å². The molecule has 0 bridgehead atoms. The first kappa shape index (κ1) is 13.9. The van der Waals surface area contributed by atoms with Gasteiger partial charge in [0.2, 0.25) is 10.0 Å². The highest BCUT2D eigenvalue weighted by Crippen LogP contribution is 2.27. The number of nitrogens with zero attached hydrogens (tertiary/aromatic N) is 1. The number of aromatic amines is 1. The number of aromatic nitrogens is 2. The van der Waals surface area contributed by atoms with Crippen LogP contribution < -0.4 is 10.5 Å². The van der Waals surface area contributed by atoms with E-state index in [0.717, 1.165) is 0 Å². The fraction of sp³-hybridized carbons (Fsp3) is 0.182. The van der Waals surface area contributed by atoms with Gasteiger partial charge in [-0.2, -0.15) is 0 Å². The Hall–Kier alpha value is -1.57. The fourth-order valence-electron chi connectivity index (χ4n) is 1.67. The second-order valence-electron chi connectivity index (χ2n) is 3.98. The zero-order chi connectivity index (χ0) is 14.0. The molecular formula is C11H13ClN4O2S. The van der Waals surface area contributed by atoms with Gasteiger partial charge < -0.3 is 10.7 Å². The largest absolute Gasteiger partial charge is 0.398 e. The van der Waals surface area contributed by atoms with Crippen molar-refractivity contribution in [1.82, 2.24) is 14.7 Å². The van der Waals surface area contributed by atoms with Crippen LogP contribution in [-0.2, 0) is 10.0 Å². The van der Waals surface area contributed by atoms with Crippen LogP contribution in [0.15, 0.2) is 35.5 Å². The summed E-state index contributed by atoms with van der Waals surface area (Å²) in [5.41, 5.74) is 5.78. The van der Waals surface area contributed by atoms with Gasteiger partial charge in [0.1, 0.15) is 10.7 Å². The van der Waals surface area contributed by atoms with Gasteiger partial charge >= 0.3 is 0 Å². The van der Waals surface area contributed by atoms with Crippen molar-refractivity contribution < 1.29 is 8.42 Å². The molecule has 19 heavy (non-hydrogen) atoms. The molecule has 0 fully saturated rings. The molecule has 4 N–H and O–H groups in total. The maximum Gasteiger partial charge on any atom is 0.244 e. The van der Waals surface area contributed by atoms with E-state index in [0.29, 0.717) is 5.82 Å². The zero-order valence-corrected chi connectivity index (χ0v) is 11.7. The Bertz CT molecular complexity index is 650. The van der Waals surface area contributed by atoms with Gasteiger partial charge in [-0.15, -0.1) is 0 Å². The van der Waals surface area contributed by atoms with E-state index < -0.39 is 16.1 Å². The fourth-order valence-corrected chi connectivity index (χ4v) is 3.56. The number of benzene rings is 1. The van der Waals surface area contributed by atoms with Crippen LogP contribution in [0.3, 0.4) is 0 Å². The molecule has 0 aliphatic heterocycles. The molecular weight excluding hydrogens is 288 g/mol. The van der Waals surface area contributed by atoms with E-state index in [-0.39, 0.29) is 15.6 Å². The van der Waals surface area contributed by atoms with Crippen molar-refractivity contribution in [2.24, 2.45) is 0 Å². The Morgan fingerprint density at radius 2 is 2.21 bits per heavy atom. The van der Waals surface area contributed by atoms with Crippen LogP contribution in [0, 0.1) is 0 Å². The van der Waals surface area contributed by atoms with Crippen LogP contribution in [0.25, 0.3) is 0 Å². The maximum atomic E-state index is 12.3. The summed E-state index contributed by atoms with van der Waals surface area (Å²) in [4.78, 5) is 6.71. The SMILES string of the molecule is CC(NS(=O)(=O)c1c(N)cccc1Cl)c1ncc[nH]1. The van der Waals surface area contributed by atoms with Gasteiger partial charge in [0.15, 0.2) is 0 Å². The summed E-state index contributed by atoms with van der Waals surface area (Å²) in [6.07, 6.45) is 3.16. The average molecular weight is 301 g/mol. The molecule has 2 aromatic rings. The molecule has 0 aliphatic carbocycles. The molecule has 0 aliphatic rings. The molecule has 1 aromatic carbocycles. The number of rotatable bonds is 4. The molecule has 1 aromatic heterocycles. The average Bonchev–Trinajstić information content (AvgIpc) is 2.80. The minimum Gasteiger partial charge on any atom is -0.398 e. The quantitative estimate of drug-likeness (QED) is 0.748. The van der Waals surface area contributed by atoms with E-state index in [4.69, 9.17) is 17.3 Å². The lowest BCUT2D eigenvalue weighted by molar-refractivity contribution is 0.561. The summed E-state index contributed by atoms with van der Waals surface area (Å²) in [6.45, 7) is 1.67. The Balaban J connectivity index is 2.33. The van der Waals surface area contributed by atoms with Crippen molar-refractivity contribution in [3.05, 3.63) is 41.4 Å². The highest BCUT2D eigenvalue weighted by molar-refractivity contribution is 7.89. The third kappa shape index (κ3) is 2.89. The first-order valence-corrected chi connectivity index (χ1v) is 7.33. The lowest BCUT2D eigenvalue weighted by Crippen LogP contribution is -2.28. The van der Waals surface area contributed by atoms with E-state index in [1.807, 2.05) is 0 Å². The highest BCUT2D eigenvalue weighted by atomic mass is 35.5. The number of sulfonamides is 1. The lowest BCUT2D eigenvalue weighted by Gasteiger charge is -2.14. The van der Waals surface area contributed by atoms with E-state index in [1.165, 1.54) is 12.1 Å². The van der Waals surface area contributed by atoms with Crippen molar-refractivity contribution in [3.8, 4) is 0 Å². The monoisotopic (exact) mass is 300 g/mol. The lowest BCUT2D eigenvalue weighted by atomic mass is 10.3. The number of H-pyrrole nitrogens is 1. The minimum absolute atomic E-state index is 0.0825. The van der Waals surface area contributed by atoms with Crippen molar-refractivity contribution in [1.29, 1.82) is 0 Å². The molecule has 1 heterocycles. The number of nitrogens with one attached hydrogen (secondary N) is 2. The van der Waals surface area contributed by atoms with Crippen molar-refractivity contribution in [2.45, 2.75) is 17.9 Å². The number of nitrogen functional groups attached to an aromatic ring is 1. The van der Waals surface area contributed by atoms with Gasteiger partial charge in [-0.05, 0) is 19.1 Å². The summed E-state index contributed by atoms with van der Waals surface area (Å²) < 4.78 is 27.0. The first-order valence-electron chi connectivity index (χ1n) is 5.47. The zero-order valence-electron chi connectivity index (χ0n) is 10.1. The van der Waals surface area contributed by atoms with E-state index in [9.17, 15) is 8.42 Å². The van der Waals surface area contributed by atoms with Gasteiger partial charge in [-0.3, -0.25) is 0 Å². The second-order valence-corrected chi connectivity index (χ2v) is 6.03. The Labute approximate surface area is 116 Å². The van der Waals surface area contributed by atoms with Crippen LogP contribution >= 0.6 is 11.6 Å². The number of hydrogen-bond acceptors (Lipinski definition) is 4. The number of hydrogen-bond donors (Lipinski definition) is 3. The van der Waals surface area contributed by atoms with Gasteiger partial charge in [-0.25, -0.2) is 18.1 Å². The molecule has 1 atom stereocenters. The highest BCUT2D eigenvalue weighted by Gasteiger charge is 2.24. The number of nitrogens with two attached hydrogens (primary N) is 1. The Kier molecular flexibility index (Phi) is 3.79. The van der Waals surface area contributed by atoms with E-state index in [2.05, 4.69) is 14.7 Å². The molecule has 0 saturated carbocycles. The molecule has 102 valence electrons. The molecule has 2 rings (SSSR count). The van der Waals surface area contributed by atoms with Gasteiger partial charge in [-0.1, -0.05) is 17.7 Å². The van der Waals surface area contributed by atoms with Crippen molar-refractivity contribution >= 4 is 27.3 Å². The van der Waals surface area contributed by atoms with Gasteiger partial charge in [0.05, 0.1) is 16.8 Å². The molecule has 0 saturated heterocycles. The molecule has 8 heteroatoms.